The lowest BCUT2D eigenvalue weighted by Crippen LogP contribution is -2.42. The summed E-state index contributed by atoms with van der Waals surface area (Å²) in [4.78, 5) is 38.7. The lowest BCUT2D eigenvalue weighted by atomic mass is 10.4. The van der Waals surface area contributed by atoms with Crippen molar-refractivity contribution < 1.29 is 19.5 Å². The second-order valence-corrected chi connectivity index (χ2v) is 4.57. The van der Waals surface area contributed by atoms with Gasteiger partial charge in [0.25, 0.3) is 0 Å². The molecule has 0 atom stereocenters. The van der Waals surface area contributed by atoms with Crippen LogP contribution in [0.25, 0.3) is 0 Å². The van der Waals surface area contributed by atoms with Crippen LogP contribution >= 0.6 is 11.6 Å². The molecule has 114 valence electrons. The molecule has 3 N–H and O–H groups in total. The van der Waals surface area contributed by atoms with Gasteiger partial charge in [-0.25, -0.2) is 4.98 Å². The quantitative estimate of drug-likeness (QED) is 0.625. The van der Waals surface area contributed by atoms with Crippen molar-refractivity contribution in [2.75, 3.05) is 31.6 Å². The molecule has 1 rings (SSSR count). The minimum absolute atomic E-state index is 0.000836. The molecule has 0 saturated heterocycles. The van der Waals surface area contributed by atoms with Gasteiger partial charge < -0.3 is 20.6 Å². The highest BCUT2D eigenvalue weighted by Crippen LogP contribution is 2.12. The maximum absolute atomic E-state index is 11.6. The number of anilines is 1. The van der Waals surface area contributed by atoms with E-state index < -0.39 is 18.4 Å². The Kier molecular flexibility index (Phi) is 6.41. The van der Waals surface area contributed by atoms with Gasteiger partial charge in [0.2, 0.25) is 11.8 Å². The summed E-state index contributed by atoms with van der Waals surface area (Å²) in [5.41, 5.74) is 0. The molecular formula is C12H15ClN4O4. The van der Waals surface area contributed by atoms with Gasteiger partial charge in [0.05, 0.1) is 18.1 Å². The van der Waals surface area contributed by atoms with Crippen molar-refractivity contribution >= 4 is 35.2 Å². The second kappa shape index (κ2) is 8.05. The number of hydrogen-bond donors (Lipinski definition) is 3. The number of carbonyl (C=O) groups is 3. The van der Waals surface area contributed by atoms with Crippen molar-refractivity contribution in [3.05, 3.63) is 23.4 Å². The SMILES string of the molecule is CN(CC(=O)NCC(=O)NCC(=O)O)c1ccc(Cl)cn1. The van der Waals surface area contributed by atoms with Crippen molar-refractivity contribution in [1.29, 1.82) is 0 Å². The molecule has 0 aromatic carbocycles. The molecule has 0 unspecified atom stereocenters. The van der Waals surface area contributed by atoms with E-state index in [0.717, 1.165) is 0 Å². The summed E-state index contributed by atoms with van der Waals surface area (Å²) < 4.78 is 0. The Bertz CT molecular complexity index is 520. The number of halogens is 1. The van der Waals surface area contributed by atoms with Crippen LogP contribution in [0.5, 0.6) is 0 Å². The molecule has 0 aliphatic heterocycles. The number of carboxylic acids is 1. The average molecular weight is 315 g/mol. The van der Waals surface area contributed by atoms with Crippen LogP contribution in [0, 0.1) is 0 Å². The second-order valence-electron chi connectivity index (χ2n) is 4.14. The van der Waals surface area contributed by atoms with E-state index in [9.17, 15) is 14.4 Å². The van der Waals surface area contributed by atoms with Gasteiger partial charge in [0.15, 0.2) is 0 Å². The number of aliphatic carboxylic acids is 1. The van der Waals surface area contributed by atoms with Gasteiger partial charge in [0, 0.05) is 13.2 Å². The molecule has 0 spiro atoms. The molecule has 2 amide bonds. The number of nitrogens with one attached hydrogen (secondary N) is 2. The molecule has 21 heavy (non-hydrogen) atoms. The van der Waals surface area contributed by atoms with Crippen LogP contribution in [0.1, 0.15) is 0 Å². The Morgan fingerprint density at radius 2 is 1.90 bits per heavy atom. The number of pyridine rings is 1. The molecule has 8 nitrogen and oxygen atoms in total. The molecule has 0 bridgehead atoms. The Labute approximate surface area is 126 Å². The monoisotopic (exact) mass is 314 g/mol. The molecule has 0 aliphatic rings. The van der Waals surface area contributed by atoms with Gasteiger partial charge in [-0.05, 0) is 12.1 Å². The number of carbonyl (C=O) groups excluding carboxylic acids is 2. The number of carboxylic acid groups (broad SMARTS) is 1. The minimum Gasteiger partial charge on any atom is -0.480 e. The van der Waals surface area contributed by atoms with E-state index in [2.05, 4.69) is 15.6 Å². The van der Waals surface area contributed by atoms with Crippen molar-refractivity contribution in [3.63, 3.8) is 0 Å². The fourth-order valence-corrected chi connectivity index (χ4v) is 1.47. The summed E-state index contributed by atoms with van der Waals surface area (Å²) >= 11 is 5.71. The number of rotatable bonds is 7. The Hall–Kier alpha value is -2.35. The highest BCUT2D eigenvalue weighted by molar-refractivity contribution is 6.30. The van der Waals surface area contributed by atoms with Gasteiger partial charge in [-0.15, -0.1) is 0 Å². The minimum atomic E-state index is -1.15. The summed E-state index contributed by atoms with van der Waals surface area (Å²) in [5.74, 6) is -1.55. The zero-order chi connectivity index (χ0) is 15.8. The molecule has 1 aromatic rings. The first kappa shape index (κ1) is 16.7. The van der Waals surface area contributed by atoms with Crippen LogP contribution in [-0.4, -0.2) is 54.6 Å². The van der Waals surface area contributed by atoms with E-state index in [-0.39, 0.29) is 19.0 Å². The molecule has 9 heteroatoms. The molecule has 0 aliphatic carbocycles. The third-order valence-corrected chi connectivity index (χ3v) is 2.59. The van der Waals surface area contributed by atoms with Crippen LogP contribution in [0.15, 0.2) is 18.3 Å². The predicted octanol–water partition coefficient (Wildman–Crippen LogP) is -0.512. The molecule has 1 heterocycles. The van der Waals surface area contributed by atoms with Crippen LogP contribution in [0.3, 0.4) is 0 Å². The van der Waals surface area contributed by atoms with Gasteiger partial charge in [-0.3, -0.25) is 14.4 Å². The largest absolute Gasteiger partial charge is 0.480 e. The summed E-state index contributed by atoms with van der Waals surface area (Å²) in [7, 11) is 1.67. The fourth-order valence-electron chi connectivity index (χ4n) is 1.36. The zero-order valence-corrected chi connectivity index (χ0v) is 12.1. The molecular weight excluding hydrogens is 300 g/mol. The first-order valence-electron chi connectivity index (χ1n) is 5.96. The third kappa shape index (κ3) is 6.57. The van der Waals surface area contributed by atoms with Gasteiger partial charge >= 0.3 is 5.97 Å². The predicted molar refractivity (Wildman–Crippen MR) is 76.2 cm³/mol. The molecule has 0 radical (unpaired) electrons. The molecule has 0 saturated carbocycles. The van der Waals surface area contributed by atoms with E-state index in [1.165, 1.54) is 6.20 Å². The van der Waals surface area contributed by atoms with Gasteiger partial charge in [-0.1, -0.05) is 11.6 Å². The summed E-state index contributed by atoms with van der Waals surface area (Å²) in [6.07, 6.45) is 1.46. The smallest absolute Gasteiger partial charge is 0.322 e. The first-order chi connectivity index (χ1) is 9.88. The van der Waals surface area contributed by atoms with E-state index in [1.54, 1.807) is 24.1 Å². The van der Waals surface area contributed by atoms with E-state index in [1.807, 2.05) is 0 Å². The number of amides is 2. The average Bonchev–Trinajstić information content (AvgIpc) is 2.43. The Morgan fingerprint density at radius 3 is 2.48 bits per heavy atom. The Morgan fingerprint density at radius 1 is 1.24 bits per heavy atom. The maximum atomic E-state index is 11.6. The lowest BCUT2D eigenvalue weighted by Gasteiger charge is -2.17. The number of nitrogens with zero attached hydrogens (tertiary/aromatic N) is 2. The van der Waals surface area contributed by atoms with Gasteiger partial charge in [-0.2, -0.15) is 0 Å². The van der Waals surface area contributed by atoms with Crippen LogP contribution in [0.4, 0.5) is 5.82 Å². The van der Waals surface area contributed by atoms with Crippen LogP contribution < -0.4 is 15.5 Å². The van der Waals surface area contributed by atoms with E-state index >= 15 is 0 Å². The highest BCUT2D eigenvalue weighted by Gasteiger charge is 2.10. The summed E-state index contributed by atoms with van der Waals surface area (Å²) in [5, 5.41) is 13.4. The van der Waals surface area contributed by atoms with Crippen LogP contribution in [-0.2, 0) is 14.4 Å². The molecule has 1 aromatic heterocycles. The topological polar surface area (TPSA) is 112 Å². The third-order valence-electron chi connectivity index (χ3n) is 2.37. The number of hydrogen-bond acceptors (Lipinski definition) is 5. The number of aromatic nitrogens is 1. The summed E-state index contributed by atoms with van der Waals surface area (Å²) in [6.45, 7) is -0.766. The summed E-state index contributed by atoms with van der Waals surface area (Å²) in [6, 6.07) is 3.31. The van der Waals surface area contributed by atoms with Crippen molar-refractivity contribution in [1.82, 2.24) is 15.6 Å². The molecule has 0 fully saturated rings. The van der Waals surface area contributed by atoms with Crippen molar-refractivity contribution in [3.8, 4) is 0 Å². The van der Waals surface area contributed by atoms with Gasteiger partial charge in [0.1, 0.15) is 12.4 Å². The first-order valence-corrected chi connectivity index (χ1v) is 6.34. The normalized spacial score (nSPS) is 9.81. The van der Waals surface area contributed by atoms with Crippen LogP contribution in [0.2, 0.25) is 5.02 Å². The van der Waals surface area contributed by atoms with E-state index in [4.69, 9.17) is 16.7 Å². The van der Waals surface area contributed by atoms with Crippen molar-refractivity contribution in [2.45, 2.75) is 0 Å². The maximum Gasteiger partial charge on any atom is 0.322 e. The van der Waals surface area contributed by atoms with Crippen molar-refractivity contribution in [2.24, 2.45) is 0 Å². The fraction of sp³-hybridized carbons (Fsp3) is 0.333. The zero-order valence-electron chi connectivity index (χ0n) is 11.3. The number of likely N-dealkylation sites (N-methyl/N-ethyl adjacent to an activating group) is 1. The highest BCUT2D eigenvalue weighted by atomic mass is 35.5. The standard InChI is InChI=1S/C12H15ClN4O4/c1-17(9-3-2-8(13)4-14-9)7-11(19)15-5-10(18)16-6-12(20)21/h2-4H,5-7H2,1H3,(H,15,19)(H,16,18)(H,20,21). The Balaban J connectivity index is 2.34. The van der Waals surface area contributed by atoms with E-state index in [0.29, 0.717) is 10.8 Å². The lowest BCUT2D eigenvalue weighted by molar-refractivity contribution is -0.137.